The molecule has 1 aliphatic carbocycles. The summed E-state index contributed by atoms with van der Waals surface area (Å²) in [5.74, 6) is -1.25. The summed E-state index contributed by atoms with van der Waals surface area (Å²) in [6.07, 6.45) is 0.879. The van der Waals surface area contributed by atoms with E-state index in [1.807, 2.05) is 0 Å². The molecule has 150 valence electrons. The Kier molecular flexibility index (Phi) is 6.22. The van der Waals surface area contributed by atoms with E-state index in [1.165, 1.54) is 24.4 Å². The van der Waals surface area contributed by atoms with Crippen LogP contribution in [0, 0.1) is 12.7 Å². The summed E-state index contributed by atoms with van der Waals surface area (Å²) < 4.78 is 27.7. The molecule has 1 fully saturated rings. The van der Waals surface area contributed by atoms with Gasteiger partial charge in [-0.25, -0.2) is 8.78 Å². The molecule has 0 bridgehead atoms. The van der Waals surface area contributed by atoms with Gasteiger partial charge in [0.25, 0.3) is 5.91 Å². The van der Waals surface area contributed by atoms with E-state index in [0.717, 1.165) is 0 Å². The van der Waals surface area contributed by atoms with Gasteiger partial charge in [0.05, 0.1) is 16.7 Å². The Bertz CT molecular complexity index is 887. The fourth-order valence-corrected chi connectivity index (χ4v) is 3.94. The number of alkyl halides is 1. The number of aromatic nitrogens is 1. The molecular weight excluding hydrogens is 409 g/mol. The van der Waals surface area contributed by atoms with Crippen molar-refractivity contribution >= 4 is 29.1 Å². The highest BCUT2D eigenvalue weighted by molar-refractivity contribution is 6.32. The molecule has 2 aromatic rings. The fourth-order valence-electron chi connectivity index (χ4n) is 3.56. The van der Waals surface area contributed by atoms with Gasteiger partial charge in [-0.15, -0.1) is 0 Å². The first-order chi connectivity index (χ1) is 13.2. The van der Waals surface area contributed by atoms with E-state index in [0.29, 0.717) is 10.6 Å². The highest BCUT2D eigenvalue weighted by Crippen LogP contribution is 2.42. The Labute approximate surface area is 171 Å². The number of amides is 1. The molecule has 1 unspecified atom stereocenters. The molecule has 28 heavy (non-hydrogen) atoms. The standard InChI is InChI=1S/C20H20Cl2F2N2O2/c1-11-14(21)7-10-25-17(11)19(27)26-18(13-3-2-4-15(24)16(13)22)20(28)8-5-12(23)6-9-20/h2-4,7,10,12,18,28H,5-6,8-9H2,1H3,(H,26,27)/t12-,18?,20-. The molecule has 2 N–H and O–H groups in total. The smallest absolute Gasteiger partial charge is 0.270 e. The van der Waals surface area contributed by atoms with Crippen molar-refractivity contribution in [2.24, 2.45) is 0 Å². The summed E-state index contributed by atoms with van der Waals surface area (Å²) in [6.45, 7) is 1.65. The third-order valence-electron chi connectivity index (χ3n) is 5.24. The van der Waals surface area contributed by atoms with Crippen LogP contribution in [0.4, 0.5) is 8.78 Å². The third-order valence-corrected chi connectivity index (χ3v) is 6.05. The molecule has 8 heteroatoms. The minimum absolute atomic E-state index is 0.0906. The van der Waals surface area contributed by atoms with Gasteiger partial charge >= 0.3 is 0 Å². The van der Waals surface area contributed by atoms with E-state index < -0.39 is 29.5 Å². The van der Waals surface area contributed by atoms with E-state index in [-0.39, 0.29) is 42.0 Å². The third kappa shape index (κ3) is 4.14. The van der Waals surface area contributed by atoms with Gasteiger partial charge in [-0.2, -0.15) is 0 Å². The topological polar surface area (TPSA) is 62.2 Å². The number of hydrogen-bond acceptors (Lipinski definition) is 3. The summed E-state index contributed by atoms with van der Waals surface area (Å²) in [4.78, 5) is 17.0. The summed E-state index contributed by atoms with van der Waals surface area (Å²) in [7, 11) is 0. The number of nitrogens with one attached hydrogen (secondary N) is 1. The Morgan fingerprint density at radius 3 is 2.68 bits per heavy atom. The van der Waals surface area contributed by atoms with Crippen LogP contribution >= 0.6 is 23.2 Å². The van der Waals surface area contributed by atoms with Gasteiger partial charge in [-0.3, -0.25) is 9.78 Å². The lowest BCUT2D eigenvalue weighted by Gasteiger charge is -2.41. The Morgan fingerprint density at radius 2 is 2.00 bits per heavy atom. The van der Waals surface area contributed by atoms with E-state index in [1.54, 1.807) is 13.0 Å². The molecule has 1 aliphatic rings. The predicted octanol–water partition coefficient (Wildman–Crippen LogP) is 4.95. The molecule has 0 saturated heterocycles. The van der Waals surface area contributed by atoms with Crippen molar-refractivity contribution < 1.29 is 18.7 Å². The van der Waals surface area contributed by atoms with Crippen molar-refractivity contribution in [2.45, 2.75) is 50.4 Å². The van der Waals surface area contributed by atoms with Crippen molar-refractivity contribution in [2.75, 3.05) is 0 Å². The Balaban J connectivity index is 2.00. The van der Waals surface area contributed by atoms with Crippen molar-refractivity contribution in [1.29, 1.82) is 0 Å². The minimum atomic E-state index is -1.47. The van der Waals surface area contributed by atoms with Gasteiger partial charge in [-0.1, -0.05) is 35.3 Å². The number of nitrogens with zero attached hydrogens (tertiary/aromatic N) is 1. The van der Waals surface area contributed by atoms with Crippen LogP contribution in [0.1, 0.15) is 53.3 Å². The SMILES string of the molecule is Cc1c(Cl)ccnc1C(=O)NC(c1cccc(F)c1Cl)[C@]1(O)CC[C@H](F)CC1. The number of rotatable bonds is 4. The lowest BCUT2D eigenvalue weighted by molar-refractivity contribution is -0.0446. The average Bonchev–Trinajstić information content (AvgIpc) is 2.67. The zero-order chi connectivity index (χ0) is 20.5. The molecule has 1 aromatic heterocycles. The van der Waals surface area contributed by atoms with Crippen molar-refractivity contribution in [1.82, 2.24) is 10.3 Å². The van der Waals surface area contributed by atoms with E-state index >= 15 is 0 Å². The number of carbonyl (C=O) groups excluding carboxylic acids is 1. The average molecular weight is 429 g/mol. The van der Waals surface area contributed by atoms with Crippen LogP contribution in [0.15, 0.2) is 30.5 Å². The van der Waals surface area contributed by atoms with Crippen LogP contribution in [0.25, 0.3) is 0 Å². The maximum Gasteiger partial charge on any atom is 0.270 e. The van der Waals surface area contributed by atoms with E-state index in [2.05, 4.69) is 10.3 Å². The summed E-state index contributed by atoms with van der Waals surface area (Å²) in [5, 5.41) is 14.1. The summed E-state index contributed by atoms with van der Waals surface area (Å²) in [6, 6.07) is 4.70. The normalized spacial score (nSPS) is 23.3. The molecule has 0 radical (unpaired) electrons. The highest BCUT2D eigenvalue weighted by Gasteiger charge is 2.43. The van der Waals surface area contributed by atoms with Gasteiger partial charge < -0.3 is 10.4 Å². The maximum absolute atomic E-state index is 14.1. The number of aliphatic hydroxyl groups is 1. The summed E-state index contributed by atoms with van der Waals surface area (Å²) in [5.41, 5.74) is -0.671. The first kappa shape index (κ1) is 21.0. The lowest BCUT2D eigenvalue weighted by Crippen LogP contribution is -2.49. The van der Waals surface area contributed by atoms with Gasteiger partial charge in [0, 0.05) is 11.2 Å². The Hall–Kier alpha value is -1.76. The molecule has 3 rings (SSSR count). The van der Waals surface area contributed by atoms with Gasteiger partial charge in [0.15, 0.2) is 0 Å². The molecule has 1 atom stereocenters. The van der Waals surface area contributed by atoms with Crippen LogP contribution < -0.4 is 5.32 Å². The van der Waals surface area contributed by atoms with Gasteiger partial charge in [-0.05, 0) is 55.9 Å². The first-order valence-corrected chi connectivity index (χ1v) is 9.71. The van der Waals surface area contributed by atoms with E-state index in [4.69, 9.17) is 23.2 Å². The number of hydrogen-bond donors (Lipinski definition) is 2. The lowest BCUT2D eigenvalue weighted by atomic mass is 9.76. The number of benzene rings is 1. The molecule has 1 saturated carbocycles. The second-order valence-corrected chi connectivity index (χ2v) is 7.88. The monoisotopic (exact) mass is 428 g/mol. The predicted molar refractivity (Wildman–Crippen MR) is 104 cm³/mol. The van der Waals surface area contributed by atoms with E-state index in [9.17, 15) is 18.7 Å². The zero-order valence-corrected chi connectivity index (χ0v) is 16.7. The molecule has 0 spiro atoms. The molecular formula is C20H20Cl2F2N2O2. The molecule has 1 heterocycles. The largest absolute Gasteiger partial charge is 0.387 e. The molecule has 4 nitrogen and oxygen atoms in total. The van der Waals surface area contributed by atoms with Crippen molar-refractivity contribution in [3.63, 3.8) is 0 Å². The second kappa shape index (κ2) is 8.31. The first-order valence-electron chi connectivity index (χ1n) is 8.95. The number of carbonyl (C=O) groups is 1. The molecule has 1 aromatic carbocycles. The molecule has 0 aliphatic heterocycles. The number of pyridine rings is 1. The highest BCUT2D eigenvalue weighted by atomic mass is 35.5. The maximum atomic E-state index is 14.1. The van der Waals surface area contributed by atoms with Crippen LogP contribution in [-0.4, -0.2) is 27.8 Å². The fraction of sp³-hybridized carbons (Fsp3) is 0.400. The number of halogens is 4. The van der Waals surface area contributed by atoms with Crippen LogP contribution in [0.3, 0.4) is 0 Å². The van der Waals surface area contributed by atoms with Crippen LogP contribution in [0.5, 0.6) is 0 Å². The Morgan fingerprint density at radius 1 is 1.32 bits per heavy atom. The van der Waals surface area contributed by atoms with Crippen molar-refractivity contribution in [3.8, 4) is 0 Å². The van der Waals surface area contributed by atoms with Crippen molar-refractivity contribution in [3.05, 3.63) is 63.1 Å². The minimum Gasteiger partial charge on any atom is -0.387 e. The van der Waals surface area contributed by atoms with Crippen LogP contribution in [0.2, 0.25) is 10.0 Å². The van der Waals surface area contributed by atoms with Crippen LogP contribution in [-0.2, 0) is 0 Å². The summed E-state index contributed by atoms with van der Waals surface area (Å²) >= 11 is 12.2. The quantitative estimate of drug-likeness (QED) is 0.723. The molecule has 1 amide bonds. The van der Waals surface area contributed by atoms with Gasteiger partial charge in [0.1, 0.15) is 17.7 Å². The zero-order valence-electron chi connectivity index (χ0n) is 15.2. The second-order valence-electron chi connectivity index (χ2n) is 7.09. The van der Waals surface area contributed by atoms with Gasteiger partial charge in [0.2, 0.25) is 0 Å².